The molecule has 8 heteroatoms. The molecular formula is C17H24N6O2. The van der Waals surface area contributed by atoms with Crippen molar-refractivity contribution in [2.45, 2.75) is 39.3 Å². The van der Waals surface area contributed by atoms with Crippen LogP contribution in [0.4, 0.5) is 5.82 Å². The summed E-state index contributed by atoms with van der Waals surface area (Å²) in [5.41, 5.74) is 1.76. The predicted molar refractivity (Wildman–Crippen MR) is 94.6 cm³/mol. The number of anilines is 1. The second-order valence-electron chi connectivity index (χ2n) is 6.60. The van der Waals surface area contributed by atoms with Crippen molar-refractivity contribution in [1.29, 1.82) is 0 Å². The van der Waals surface area contributed by atoms with E-state index in [9.17, 15) is 9.59 Å². The highest BCUT2D eigenvalue weighted by Crippen LogP contribution is 2.14. The van der Waals surface area contributed by atoms with Crippen LogP contribution in [-0.2, 0) is 18.4 Å². The number of aryl methyl sites for hydroxylation is 3. The van der Waals surface area contributed by atoms with E-state index in [1.54, 1.807) is 24.1 Å². The molecule has 1 saturated heterocycles. The van der Waals surface area contributed by atoms with E-state index in [1.807, 2.05) is 24.8 Å². The minimum Gasteiger partial charge on any atom is -0.350 e. The van der Waals surface area contributed by atoms with Gasteiger partial charge in [-0.1, -0.05) is 0 Å². The number of hydrogen-bond acceptors (Lipinski definition) is 5. The zero-order valence-electron chi connectivity index (χ0n) is 14.9. The van der Waals surface area contributed by atoms with Crippen molar-refractivity contribution in [3.8, 4) is 0 Å². The number of carbonyl (C=O) groups is 1. The highest BCUT2D eigenvalue weighted by molar-refractivity contribution is 5.76. The Morgan fingerprint density at radius 3 is 2.92 bits per heavy atom. The maximum atomic E-state index is 12.3. The van der Waals surface area contributed by atoms with Crippen LogP contribution in [0.15, 0.2) is 23.3 Å². The molecule has 0 radical (unpaired) electrons. The molecule has 0 bridgehead atoms. The highest BCUT2D eigenvalue weighted by Gasteiger charge is 2.24. The maximum Gasteiger partial charge on any atom is 0.293 e. The van der Waals surface area contributed by atoms with Crippen LogP contribution in [0.5, 0.6) is 0 Å². The number of carbonyl (C=O) groups excluding carboxylic acids is 1. The third kappa shape index (κ3) is 3.89. The number of nitrogens with zero attached hydrogens (tertiary/aromatic N) is 5. The van der Waals surface area contributed by atoms with E-state index in [0.29, 0.717) is 12.4 Å². The average molecular weight is 344 g/mol. The third-order valence-corrected chi connectivity index (χ3v) is 4.48. The van der Waals surface area contributed by atoms with E-state index >= 15 is 0 Å². The Kier molecular flexibility index (Phi) is 4.87. The van der Waals surface area contributed by atoms with E-state index in [1.165, 1.54) is 4.57 Å². The first kappa shape index (κ1) is 17.2. The van der Waals surface area contributed by atoms with E-state index < -0.39 is 0 Å². The van der Waals surface area contributed by atoms with Gasteiger partial charge in [0, 0.05) is 44.3 Å². The number of hydrogen-bond donors (Lipinski definition) is 1. The van der Waals surface area contributed by atoms with Gasteiger partial charge in [-0.25, -0.2) is 4.98 Å². The minimum absolute atomic E-state index is 0.00456. The molecule has 2 aromatic heterocycles. The summed E-state index contributed by atoms with van der Waals surface area (Å²) < 4.78 is 3.23. The lowest BCUT2D eigenvalue weighted by atomic mass is 10.1. The fraction of sp³-hybridized carbons (Fsp3) is 0.529. The summed E-state index contributed by atoms with van der Waals surface area (Å²) in [7, 11) is 1.71. The fourth-order valence-electron chi connectivity index (χ4n) is 3.23. The monoisotopic (exact) mass is 344 g/mol. The molecule has 2 aromatic rings. The second-order valence-corrected chi connectivity index (χ2v) is 6.60. The van der Waals surface area contributed by atoms with Crippen molar-refractivity contribution >= 4 is 11.7 Å². The van der Waals surface area contributed by atoms with Crippen molar-refractivity contribution in [2.75, 3.05) is 18.0 Å². The molecule has 1 fully saturated rings. The summed E-state index contributed by atoms with van der Waals surface area (Å²) in [6.07, 6.45) is 5.07. The molecule has 25 heavy (non-hydrogen) atoms. The van der Waals surface area contributed by atoms with Crippen molar-refractivity contribution in [3.63, 3.8) is 0 Å². The Hall–Kier alpha value is -2.64. The lowest BCUT2D eigenvalue weighted by molar-refractivity contribution is -0.122. The maximum absolute atomic E-state index is 12.3. The Morgan fingerprint density at radius 1 is 1.40 bits per heavy atom. The predicted octanol–water partition coefficient (Wildman–Crippen LogP) is 0.379. The van der Waals surface area contributed by atoms with Crippen molar-refractivity contribution < 1.29 is 4.79 Å². The van der Waals surface area contributed by atoms with Crippen LogP contribution in [0.25, 0.3) is 0 Å². The van der Waals surface area contributed by atoms with Gasteiger partial charge in [-0.05, 0) is 32.8 Å². The van der Waals surface area contributed by atoms with Crippen LogP contribution in [0.2, 0.25) is 0 Å². The van der Waals surface area contributed by atoms with Crippen LogP contribution < -0.4 is 15.8 Å². The van der Waals surface area contributed by atoms with Crippen LogP contribution in [0.3, 0.4) is 0 Å². The van der Waals surface area contributed by atoms with Gasteiger partial charge in [0.05, 0.1) is 5.69 Å². The lowest BCUT2D eigenvalue weighted by Crippen LogP contribution is -2.50. The molecule has 1 amide bonds. The smallest absolute Gasteiger partial charge is 0.293 e. The Labute approximate surface area is 146 Å². The molecule has 0 spiro atoms. The van der Waals surface area contributed by atoms with Gasteiger partial charge < -0.3 is 14.8 Å². The average Bonchev–Trinajstić information content (AvgIpc) is 2.87. The molecule has 0 saturated carbocycles. The summed E-state index contributed by atoms with van der Waals surface area (Å²) >= 11 is 0. The van der Waals surface area contributed by atoms with Crippen LogP contribution >= 0.6 is 0 Å². The second kappa shape index (κ2) is 7.08. The van der Waals surface area contributed by atoms with E-state index in [-0.39, 0.29) is 24.1 Å². The molecule has 8 nitrogen and oxygen atoms in total. The molecule has 1 aliphatic rings. The minimum atomic E-state index is -0.114. The zero-order chi connectivity index (χ0) is 18.0. The summed E-state index contributed by atoms with van der Waals surface area (Å²) in [5.74, 6) is 0.384. The van der Waals surface area contributed by atoms with Crippen molar-refractivity contribution in [1.82, 2.24) is 24.6 Å². The number of rotatable bonds is 4. The van der Waals surface area contributed by atoms with E-state index in [4.69, 9.17) is 0 Å². The first-order valence-corrected chi connectivity index (χ1v) is 8.51. The van der Waals surface area contributed by atoms with Gasteiger partial charge in [0.1, 0.15) is 6.54 Å². The first-order chi connectivity index (χ1) is 11.9. The summed E-state index contributed by atoms with van der Waals surface area (Å²) in [4.78, 5) is 30.8. The van der Waals surface area contributed by atoms with Gasteiger partial charge in [-0.2, -0.15) is 5.10 Å². The normalized spacial score (nSPS) is 17.6. The standard InChI is InChI=1S/C17H24N6O2/c1-12-9-13(2)23(20-12)11-15(24)19-14-5-4-7-22(10-14)16-17(25)21(3)8-6-18-16/h6,8-9,14H,4-5,7,10-11H2,1-3H3,(H,19,24). The molecule has 1 N–H and O–H groups in total. The van der Waals surface area contributed by atoms with Gasteiger partial charge in [-0.3, -0.25) is 14.3 Å². The molecular weight excluding hydrogens is 320 g/mol. The molecule has 0 aromatic carbocycles. The van der Waals surface area contributed by atoms with Gasteiger partial charge >= 0.3 is 0 Å². The highest BCUT2D eigenvalue weighted by atomic mass is 16.2. The van der Waals surface area contributed by atoms with Gasteiger partial charge in [-0.15, -0.1) is 0 Å². The lowest BCUT2D eigenvalue weighted by Gasteiger charge is -2.33. The molecule has 134 valence electrons. The van der Waals surface area contributed by atoms with Gasteiger partial charge in [0.2, 0.25) is 5.91 Å². The van der Waals surface area contributed by atoms with Gasteiger partial charge in [0.25, 0.3) is 5.56 Å². The van der Waals surface area contributed by atoms with Gasteiger partial charge in [0.15, 0.2) is 5.82 Å². The van der Waals surface area contributed by atoms with Crippen molar-refractivity contribution in [2.24, 2.45) is 7.05 Å². The third-order valence-electron chi connectivity index (χ3n) is 4.48. The van der Waals surface area contributed by atoms with E-state index in [2.05, 4.69) is 15.4 Å². The van der Waals surface area contributed by atoms with E-state index in [0.717, 1.165) is 30.8 Å². The molecule has 1 atom stereocenters. The van der Waals surface area contributed by atoms with Crippen molar-refractivity contribution in [3.05, 3.63) is 40.2 Å². The topological polar surface area (TPSA) is 85.0 Å². The Morgan fingerprint density at radius 2 is 2.20 bits per heavy atom. The number of nitrogens with one attached hydrogen (secondary N) is 1. The SMILES string of the molecule is Cc1cc(C)n(CC(=O)NC2CCCN(c3nccn(C)c3=O)C2)n1. The van der Waals surface area contributed by atoms with Crippen LogP contribution in [0, 0.1) is 13.8 Å². The quantitative estimate of drug-likeness (QED) is 0.867. The fourth-order valence-corrected chi connectivity index (χ4v) is 3.23. The molecule has 3 heterocycles. The Bertz CT molecular complexity index is 825. The first-order valence-electron chi connectivity index (χ1n) is 8.51. The summed E-state index contributed by atoms with van der Waals surface area (Å²) in [5, 5.41) is 7.38. The molecule has 1 aliphatic heterocycles. The van der Waals surface area contributed by atoms with Crippen LogP contribution in [-0.4, -0.2) is 44.4 Å². The molecule has 1 unspecified atom stereocenters. The largest absolute Gasteiger partial charge is 0.350 e. The molecule has 0 aliphatic carbocycles. The number of amides is 1. The zero-order valence-corrected chi connectivity index (χ0v) is 14.9. The Balaban J connectivity index is 1.63. The number of aromatic nitrogens is 4. The van der Waals surface area contributed by atoms with Crippen LogP contribution in [0.1, 0.15) is 24.2 Å². The summed E-state index contributed by atoms with van der Waals surface area (Å²) in [6.45, 7) is 5.42. The molecule has 3 rings (SSSR count). The summed E-state index contributed by atoms with van der Waals surface area (Å²) in [6, 6.07) is 1.96. The number of piperidine rings is 1.